The molecule has 82 valence electrons. The van der Waals surface area contributed by atoms with E-state index in [0.717, 1.165) is 12.8 Å². The molecule has 0 bridgehead atoms. The summed E-state index contributed by atoms with van der Waals surface area (Å²) in [6, 6.07) is 0. The average Bonchev–Trinajstić information content (AvgIpc) is 2.97. The van der Waals surface area contributed by atoms with Gasteiger partial charge in [0, 0.05) is 11.9 Å². The Bertz CT molecular complexity index is 362. The van der Waals surface area contributed by atoms with Crippen LogP contribution in [0.15, 0.2) is 5.38 Å². The molecule has 0 aromatic carbocycles. The second kappa shape index (κ2) is 4.16. The van der Waals surface area contributed by atoms with E-state index in [1.54, 1.807) is 5.38 Å². The van der Waals surface area contributed by atoms with Gasteiger partial charge in [-0.15, -0.1) is 11.3 Å². The number of amides is 1. The Balaban J connectivity index is 1.81. The fraction of sp³-hybridized carbons (Fsp3) is 0.556. The molecule has 15 heavy (non-hydrogen) atoms. The molecule has 1 atom stereocenters. The lowest BCUT2D eigenvalue weighted by Gasteiger charge is -2.09. The van der Waals surface area contributed by atoms with Crippen LogP contribution < -0.4 is 11.1 Å². The summed E-state index contributed by atoms with van der Waals surface area (Å²) in [6.45, 7) is 0.293. The smallest absolute Gasteiger partial charge is 0.270 e. The van der Waals surface area contributed by atoms with Crippen molar-refractivity contribution in [2.75, 3.05) is 12.3 Å². The van der Waals surface area contributed by atoms with Crippen LogP contribution in [0.3, 0.4) is 0 Å². The molecule has 1 aliphatic carbocycles. The number of nitrogens with two attached hydrogens (primary N) is 1. The van der Waals surface area contributed by atoms with Crippen molar-refractivity contribution in [1.82, 2.24) is 10.3 Å². The maximum atomic E-state index is 11.5. The van der Waals surface area contributed by atoms with Gasteiger partial charge in [-0.2, -0.15) is 0 Å². The summed E-state index contributed by atoms with van der Waals surface area (Å²) < 4.78 is 0. The van der Waals surface area contributed by atoms with E-state index < -0.39 is 6.10 Å². The van der Waals surface area contributed by atoms with Crippen molar-refractivity contribution in [2.45, 2.75) is 18.9 Å². The fourth-order valence-electron chi connectivity index (χ4n) is 1.33. The summed E-state index contributed by atoms with van der Waals surface area (Å²) in [5.74, 6) is 0.0912. The van der Waals surface area contributed by atoms with Crippen LogP contribution in [0.4, 0.5) is 5.13 Å². The van der Waals surface area contributed by atoms with Gasteiger partial charge < -0.3 is 16.2 Å². The van der Waals surface area contributed by atoms with Crippen LogP contribution >= 0.6 is 11.3 Å². The van der Waals surface area contributed by atoms with Gasteiger partial charge in [0.05, 0.1) is 6.10 Å². The predicted octanol–water partition coefficient (Wildman–Crippen LogP) is 0.226. The van der Waals surface area contributed by atoms with Crippen molar-refractivity contribution in [2.24, 2.45) is 5.92 Å². The van der Waals surface area contributed by atoms with Gasteiger partial charge in [0.25, 0.3) is 5.91 Å². The molecule has 1 amide bonds. The molecule has 0 radical (unpaired) electrons. The van der Waals surface area contributed by atoms with Crippen LogP contribution in [0.2, 0.25) is 0 Å². The van der Waals surface area contributed by atoms with Crippen molar-refractivity contribution >= 4 is 22.4 Å². The summed E-state index contributed by atoms with van der Waals surface area (Å²) in [5.41, 5.74) is 5.73. The largest absolute Gasteiger partial charge is 0.391 e. The van der Waals surface area contributed by atoms with Crippen molar-refractivity contribution < 1.29 is 9.90 Å². The van der Waals surface area contributed by atoms with Crippen LogP contribution in [-0.2, 0) is 0 Å². The van der Waals surface area contributed by atoms with Gasteiger partial charge in [-0.25, -0.2) is 4.98 Å². The van der Waals surface area contributed by atoms with Crippen LogP contribution in [-0.4, -0.2) is 28.6 Å². The number of hydrogen-bond acceptors (Lipinski definition) is 5. The first kappa shape index (κ1) is 10.4. The molecule has 1 aromatic rings. The minimum atomic E-state index is -0.426. The highest BCUT2D eigenvalue weighted by molar-refractivity contribution is 7.13. The standard InChI is InChI=1S/C9H13N3O2S/c10-9-12-6(4-15-9)8(14)11-3-7(13)5-1-2-5/h4-5,7,13H,1-3H2,(H2,10,12)(H,11,14). The lowest BCUT2D eigenvalue weighted by molar-refractivity contribution is 0.0897. The molecule has 5 nitrogen and oxygen atoms in total. The Labute approximate surface area is 91.3 Å². The number of carbonyl (C=O) groups is 1. The van der Waals surface area contributed by atoms with E-state index in [1.807, 2.05) is 0 Å². The highest BCUT2D eigenvalue weighted by atomic mass is 32.1. The van der Waals surface area contributed by atoms with Crippen LogP contribution in [0.1, 0.15) is 23.3 Å². The summed E-state index contributed by atoms with van der Waals surface area (Å²) in [7, 11) is 0. The number of aromatic nitrogens is 1. The monoisotopic (exact) mass is 227 g/mol. The van der Waals surface area contributed by atoms with Gasteiger partial charge >= 0.3 is 0 Å². The molecule has 2 rings (SSSR count). The van der Waals surface area contributed by atoms with Gasteiger partial charge in [0.1, 0.15) is 5.69 Å². The minimum absolute atomic E-state index is 0.275. The quantitative estimate of drug-likeness (QED) is 0.687. The molecule has 4 N–H and O–H groups in total. The van der Waals surface area contributed by atoms with Gasteiger partial charge in [-0.3, -0.25) is 4.79 Å². The van der Waals surface area contributed by atoms with E-state index in [1.165, 1.54) is 11.3 Å². The molecule has 1 fully saturated rings. The third kappa shape index (κ3) is 2.66. The number of nitrogens with zero attached hydrogens (tertiary/aromatic N) is 1. The zero-order chi connectivity index (χ0) is 10.8. The molecule has 1 unspecified atom stereocenters. The SMILES string of the molecule is Nc1nc(C(=O)NCC(O)C2CC2)cs1. The Morgan fingerprint density at radius 2 is 2.53 bits per heavy atom. The highest BCUT2D eigenvalue weighted by Crippen LogP contribution is 2.32. The number of anilines is 1. The number of hydrogen-bond donors (Lipinski definition) is 3. The first-order valence-electron chi connectivity index (χ1n) is 4.84. The second-order valence-corrected chi connectivity index (χ2v) is 4.58. The molecule has 1 saturated carbocycles. The van der Waals surface area contributed by atoms with E-state index in [0.29, 0.717) is 23.3 Å². The maximum absolute atomic E-state index is 11.5. The van der Waals surface area contributed by atoms with Crippen molar-refractivity contribution in [3.05, 3.63) is 11.1 Å². The molecule has 0 spiro atoms. The number of carbonyl (C=O) groups excluding carboxylic acids is 1. The normalized spacial score (nSPS) is 17.4. The van der Waals surface area contributed by atoms with E-state index in [4.69, 9.17) is 5.73 Å². The topological polar surface area (TPSA) is 88.2 Å². The van der Waals surface area contributed by atoms with Crippen LogP contribution in [0, 0.1) is 5.92 Å². The number of nitrogens with one attached hydrogen (secondary N) is 1. The molecule has 0 saturated heterocycles. The second-order valence-electron chi connectivity index (χ2n) is 3.69. The van der Waals surface area contributed by atoms with Gasteiger partial charge in [-0.1, -0.05) is 0 Å². The molecule has 0 aliphatic heterocycles. The zero-order valence-corrected chi connectivity index (χ0v) is 8.96. The Morgan fingerprint density at radius 3 is 3.07 bits per heavy atom. The molecular weight excluding hydrogens is 214 g/mol. The van der Waals surface area contributed by atoms with E-state index in [2.05, 4.69) is 10.3 Å². The Kier molecular flexibility index (Phi) is 2.88. The zero-order valence-electron chi connectivity index (χ0n) is 8.14. The minimum Gasteiger partial charge on any atom is -0.391 e. The van der Waals surface area contributed by atoms with Gasteiger partial charge in [0.2, 0.25) is 0 Å². The van der Waals surface area contributed by atoms with Gasteiger partial charge in [-0.05, 0) is 18.8 Å². The lowest BCUT2D eigenvalue weighted by atomic mass is 10.2. The summed E-state index contributed by atoms with van der Waals surface area (Å²) in [5, 5.41) is 14.1. The maximum Gasteiger partial charge on any atom is 0.270 e. The molecule has 1 heterocycles. The fourth-order valence-corrected chi connectivity index (χ4v) is 1.87. The van der Waals surface area contributed by atoms with Crippen molar-refractivity contribution in [1.29, 1.82) is 0 Å². The third-order valence-electron chi connectivity index (χ3n) is 2.39. The molecule has 1 aliphatic rings. The van der Waals surface area contributed by atoms with Gasteiger partial charge in [0.15, 0.2) is 5.13 Å². The first-order chi connectivity index (χ1) is 7.16. The lowest BCUT2D eigenvalue weighted by Crippen LogP contribution is -2.33. The summed E-state index contributed by atoms with van der Waals surface area (Å²) in [4.78, 5) is 15.3. The van der Waals surface area contributed by atoms with Crippen LogP contribution in [0.25, 0.3) is 0 Å². The summed E-state index contributed by atoms with van der Waals surface area (Å²) in [6.07, 6.45) is 1.69. The number of nitrogen functional groups attached to an aromatic ring is 1. The number of aliphatic hydroxyl groups is 1. The Morgan fingerprint density at radius 1 is 1.80 bits per heavy atom. The van der Waals surface area contributed by atoms with E-state index >= 15 is 0 Å². The number of rotatable bonds is 4. The number of aliphatic hydroxyl groups excluding tert-OH is 1. The highest BCUT2D eigenvalue weighted by Gasteiger charge is 2.29. The Hall–Kier alpha value is -1.14. The predicted molar refractivity (Wildman–Crippen MR) is 57.6 cm³/mol. The van der Waals surface area contributed by atoms with Crippen LogP contribution in [0.5, 0.6) is 0 Å². The molecule has 6 heteroatoms. The average molecular weight is 227 g/mol. The van der Waals surface area contributed by atoms with E-state index in [9.17, 15) is 9.90 Å². The third-order valence-corrected chi connectivity index (χ3v) is 3.07. The number of thiazole rings is 1. The van der Waals surface area contributed by atoms with Crippen molar-refractivity contribution in [3.8, 4) is 0 Å². The summed E-state index contributed by atoms with van der Waals surface area (Å²) >= 11 is 1.23. The first-order valence-corrected chi connectivity index (χ1v) is 5.72. The molecular formula is C9H13N3O2S. The molecule has 1 aromatic heterocycles. The van der Waals surface area contributed by atoms with Crippen molar-refractivity contribution in [3.63, 3.8) is 0 Å². The van der Waals surface area contributed by atoms with E-state index in [-0.39, 0.29) is 5.91 Å².